The summed E-state index contributed by atoms with van der Waals surface area (Å²) in [6, 6.07) is 84.8. The van der Waals surface area contributed by atoms with Crippen molar-refractivity contribution in [3.8, 4) is 27.9 Å². The maximum Gasteiger partial charge on any atom is 0.0541 e. The van der Waals surface area contributed by atoms with Crippen molar-refractivity contribution in [1.82, 2.24) is 4.57 Å². The molecule has 0 unspecified atom stereocenters. The number of rotatable bonds is 8. The van der Waals surface area contributed by atoms with Gasteiger partial charge in [0, 0.05) is 56.0 Å². The summed E-state index contributed by atoms with van der Waals surface area (Å²) in [6.07, 6.45) is 0. The highest BCUT2D eigenvalue weighted by atomic mass is 15.2. The number of anilines is 6. The number of hydrogen-bond acceptors (Lipinski definition) is 2. The Hall–Kier alpha value is -8.14. The molecule has 310 valence electrons. The normalized spacial score (nSPS) is 12.7. The minimum Gasteiger partial charge on any atom is -0.310 e. The number of nitrogens with zero attached hydrogens (tertiary/aromatic N) is 3. The van der Waals surface area contributed by atoms with E-state index in [1.165, 1.54) is 60.4 Å². The summed E-state index contributed by atoms with van der Waals surface area (Å²) in [5, 5.41) is 4.92. The van der Waals surface area contributed by atoms with E-state index >= 15 is 0 Å². The molecule has 1 aromatic heterocycles. The molecule has 0 aliphatic heterocycles. The molecule has 0 saturated carbocycles. The highest BCUT2D eigenvalue weighted by molar-refractivity contribution is 6.11. The Morgan fingerprint density at radius 1 is 0.354 bits per heavy atom. The summed E-state index contributed by atoms with van der Waals surface area (Å²) in [7, 11) is 0. The number of para-hydroxylation sites is 3. The molecule has 0 radical (unpaired) electrons. The van der Waals surface area contributed by atoms with Gasteiger partial charge in [-0.2, -0.15) is 0 Å². The predicted molar refractivity (Wildman–Crippen MR) is 275 cm³/mol. The quantitative estimate of drug-likeness (QED) is 0.151. The standard InChI is InChI=1S/C62H47N3/c1-42-26-30-49(31-27-42)63(47-18-6-4-7-19-47)52-37-46(45-29-35-61-57(39-45)56-23-13-15-25-60(56)65(61)50-32-28-43-16-10-11-17-44(43)36-50)38-53(40-52)64(48-20-8-5-9-21-48)51-33-34-55-54-22-12-14-24-58(54)62(2,3)59(55)41-51/h4-41H,1-3H3. The zero-order valence-corrected chi connectivity index (χ0v) is 36.8. The second kappa shape index (κ2) is 15.3. The van der Waals surface area contributed by atoms with Gasteiger partial charge >= 0.3 is 0 Å². The number of fused-ring (bicyclic) bond motifs is 7. The van der Waals surface area contributed by atoms with Crippen LogP contribution in [0.25, 0.3) is 60.5 Å². The molecule has 0 amide bonds. The second-order valence-electron chi connectivity index (χ2n) is 17.9. The third-order valence-corrected chi connectivity index (χ3v) is 13.6. The Morgan fingerprint density at radius 2 is 0.938 bits per heavy atom. The smallest absolute Gasteiger partial charge is 0.0541 e. The van der Waals surface area contributed by atoms with Crippen LogP contribution >= 0.6 is 0 Å². The van der Waals surface area contributed by atoms with E-state index in [4.69, 9.17) is 0 Å². The van der Waals surface area contributed by atoms with E-state index in [1.54, 1.807) is 0 Å². The summed E-state index contributed by atoms with van der Waals surface area (Å²) in [5.74, 6) is 0. The molecule has 1 heterocycles. The first kappa shape index (κ1) is 38.5. The zero-order chi connectivity index (χ0) is 43.6. The summed E-state index contributed by atoms with van der Waals surface area (Å²) < 4.78 is 2.42. The Bertz CT molecular complexity index is 3580. The third kappa shape index (κ3) is 6.50. The van der Waals surface area contributed by atoms with Gasteiger partial charge in [-0.15, -0.1) is 0 Å². The van der Waals surface area contributed by atoms with Crippen LogP contribution in [0.1, 0.15) is 30.5 Å². The molecule has 1 aliphatic rings. The van der Waals surface area contributed by atoms with Gasteiger partial charge in [0.15, 0.2) is 0 Å². The molecule has 0 saturated heterocycles. The van der Waals surface area contributed by atoms with Crippen molar-refractivity contribution in [1.29, 1.82) is 0 Å². The van der Waals surface area contributed by atoms with Gasteiger partial charge in [-0.3, -0.25) is 0 Å². The minimum absolute atomic E-state index is 0.145. The topological polar surface area (TPSA) is 11.4 Å². The summed E-state index contributed by atoms with van der Waals surface area (Å²) in [4.78, 5) is 4.83. The third-order valence-electron chi connectivity index (χ3n) is 13.6. The fourth-order valence-electron chi connectivity index (χ4n) is 10.3. The van der Waals surface area contributed by atoms with Gasteiger partial charge in [0.05, 0.1) is 11.0 Å². The number of aryl methyl sites for hydroxylation is 1. The van der Waals surface area contributed by atoms with Crippen LogP contribution in [-0.2, 0) is 5.41 Å². The molecular formula is C62H47N3. The molecule has 10 aromatic carbocycles. The predicted octanol–water partition coefficient (Wildman–Crippen LogP) is 17.2. The largest absolute Gasteiger partial charge is 0.310 e. The van der Waals surface area contributed by atoms with Gasteiger partial charge in [0.1, 0.15) is 0 Å². The van der Waals surface area contributed by atoms with E-state index in [2.05, 4.69) is 266 Å². The Balaban J connectivity index is 1.10. The van der Waals surface area contributed by atoms with E-state index < -0.39 is 0 Å². The van der Waals surface area contributed by atoms with Crippen molar-refractivity contribution in [2.45, 2.75) is 26.2 Å². The molecule has 0 spiro atoms. The highest BCUT2D eigenvalue weighted by Gasteiger charge is 2.36. The molecular weight excluding hydrogens is 787 g/mol. The molecule has 65 heavy (non-hydrogen) atoms. The van der Waals surface area contributed by atoms with Crippen LogP contribution in [0.5, 0.6) is 0 Å². The van der Waals surface area contributed by atoms with Gasteiger partial charge in [-0.1, -0.05) is 153 Å². The van der Waals surface area contributed by atoms with Crippen LogP contribution in [-0.4, -0.2) is 4.57 Å². The molecule has 3 nitrogen and oxygen atoms in total. The molecule has 0 bridgehead atoms. The van der Waals surface area contributed by atoms with Crippen LogP contribution < -0.4 is 9.80 Å². The van der Waals surface area contributed by atoms with Crippen LogP contribution in [0.3, 0.4) is 0 Å². The Labute approximate surface area is 380 Å². The fourth-order valence-corrected chi connectivity index (χ4v) is 10.3. The van der Waals surface area contributed by atoms with Gasteiger partial charge in [0.25, 0.3) is 0 Å². The Kier molecular flexibility index (Phi) is 9.06. The lowest BCUT2D eigenvalue weighted by Gasteiger charge is -2.31. The van der Waals surface area contributed by atoms with E-state index in [0.717, 1.165) is 50.9 Å². The van der Waals surface area contributed by atoms with E-state index in [0.29, 0.717) is 0 Å². The fraction of sp³-hybridized carbons (Fsp3) is 0.0645. The minimum atomic E-state index is -0.145. The number of benzene rings is 10. The zero-order valence-electron chi connectivity index (χ0n) is 36.8. The molecule has 0 fully saturated rings. The van der Waals surface area contributed by atoms with Crippen molar-refractivity contribution >= 4 is 66.7 Å². The number of aromatic nitrogens is 1. The molecule has 3 heteroatoms. The second-order valence-corrected chi connectivity index (χ2v) is 17.9. The summed E-state index contributed by atoms with van der Waals surface area (Å²) in [6.45, 7) is 6.87. The molecule has 1 aliphatic carbocycles. The van der Waals surface area contributed by atoms with E-state index in [-0.39, 0.29) is 5.41 Å². The van der Waals surface area contributed by atoms with Crippen LogP contribution in [0, 0.1) is 6.92 Å². The Morgan fingerprint density at radius 3 is 1.69 bits per heavy atom. The van der Waals surface area contributed by atoms with Crippen molar-refractivity contribution < 1.29 is 0 Å². The van der Waals surface area contributed by atoms with Gasteiger partial charge in [-0.05, 0) is 148 Å². The SMILES string of the molecule is Cc1ccc(N(c2ccccc2)c2cc(-c3ccc4c(c3)c3ccccc3n4-c3ccc4ccccc4c3)cc(N(c3ccccc3)c3ccc4c(c3)C(C)(C)c3ccccc3-4)c2)cc1. The average molecular weight is 834 g/mol. The lowest BCUT2D eigenvalue weighted by molar-refractivity contribution is 0.660. The first-order valence-electron chi connectivity index (χ1n) is 22.6. The lowest BCUT2D eigenvalue weighted by Crippen LogP contribution is -2.17. The first-order valence-corrected chi connectivity index (χ1v) is 22.6. The van der Waals surface area contributed by atoms with Crippen LogP contribution in [0.15, 0.2) is 231 Å². The van der Waals surface area contributed by atoms with Gasteiger partial charge in [-0.25, -0.2) is 0 Å². The van der Waals surface area contributed by atoms with Gasteiger partial charge < -0.3 is 14.4 Å². The van der Waals surface area contributed by atoms with Gasteiger partial charge in [0.2, 0.25) is 0 Å². The van der Waals surface area contributed by atoms with Crippen molar-refractivity contribution in [2.75, 3.05) is 9.80 Å². The molecule has 12 rings (SSSR count). The highest BCUT2D eigenvalue weighted by Crippen LogP contribution is 2.51. The molecule has 0 N–H and O–H groups in total. The van der Waals surface area contributed by atoms with Crippen molar-refractivity contribution in [3.63, 3.8) is 0 Å². The monoisotopic (exact) mass is 833 g/mol. The molecule has 0 atom stereocenters. The number of hydrogen-bond donors (Lipinski definition) is 0. The van der Waals surface area contributed by atoms with Crippen LogP contribution in [0.2, 0.25) is 0 Å². The van der Waals surface area contributed by atoms with Crippen molar-refractivity contribution in [3.05, 3.63) is 247 Å². The van der Waals surface area contributed by atoms with E-state index in [9.17, 15) is 0 Å². The maximum absolute atomic E-state index is 2.44. The first-order chi connectivity index (χ1) is 31.9. The average Bonchev–Trinajstić information content (AvgIpc) is 3.80. The maximum atomic E-state index is 2.44. The lowest BCUT2D eigenvalue weighted by atomic mass is 9.82. The molecule has 11 aromatic rings. The summed E-state index contributed by atoms with van der Waals surface area (Å²) >= 11 is 0. The summed E-state index contributed by atoms with van der Waals surface area (Å²) in [5.41, 5.74) is 18.8. The van der Waals surface area contributed by atoms with Crippen molar-refractivity contribution in [2.24, 2.45) is 0 Å². The van der Waals surface area contributed by atoms with E-state index in [1.807, 2.05) is 0 Å². The van der Waals surface area contributed by atoms with Crippen LogP contribution in [0.4, 0.5) is 34.1 Å².